The van der Waals surface area contributed by atoms with E-state index in [1.54, 1.807) is 19.2 Å². The van der Waals surface area contributed by atoms with Crippen LogP contribution >= 0.6 is 28.3 Å². The second kappa shape index (κ2) is 9.34. The van der Waals surface area contributed by atoms with E-state index in [-0.39, 0.29) is 28.3 Å². The Bertz CT molecular complexity index is 933. The van der Waals surface area contributed by atoms with Gasteiger partial charge in [-0.2, -0.15) is 0 Å². The molecule has 1 aromatic heterocycles. The summed E-state index contributed by atoms with van der Waals surface area (Å²) in [5.74, 6) is 0.333. The molecule has 0 unspecified atom stereocenters. The van der Waals surface area contributed by atoms with Crippen LogP contribution in [0, 0.1) is 0 Å². The second-order valence-electron chi connectivity index (χ2n) is 7.36. The van der Waals surface area contributed by atoms with Gasteiger partial charge in [-0.3, -0.25) is 10.1 Å². The number of para-hydroxylation sites is 1. The zero-order valence-corrected chi connectivity index (χ0v) is 19.0. The van der Waals surface area contributed by atoms with E-state index in [0.29, 0.717) is 16.4 Å². The van der Waals surface area contributed by atoms with E-state index < -0.39 is 0 Å². The fourth-order valence-corrected chi connectivity index (χ4v) is 4.09. The highest BCUT2D eigenvalue weighted by Gasteiger charge is 2.24. The van der Waals surface area contributed by atoms with Crippen LogP contribution in [-0.4, -0.2) is 18.0 Å². The molecule has 1 N–H and O–H groups in total. The van der Waals surface area contributed by atoms with Gasteiger partial charge >= 0.3 is 0 Å². The summed E-state index contributed by atoms with van der Waals surface area (Å²) >= 11 is 1.53. The fourth-order valence-electron chi connectivity index (χ4n) is 2.89. The minimum Gasteiger partial charge on any atom is -0.496 e. The molecule has 0 aliphatic rings. The van der Waals surface area contributed by atoms with Crippen LogP contribution in [0.15, 0.2) is 54.6 Å². The van der Waals surface area contributed by atoms with Crippen LogP contribution in [0.5, 0.6) is 5.75 Å². The zero-order chi connectivity index (χ0) is 19.4. The summed E-state index contributed by atoms with van der Waals surface area (Å²) in [6.07, 6.45) is 0.801. The Morgan fingerprint density at radius 2 is 1.71 bits per heavy atom. The number of nitrogens with zero attached hydrogens (tertiary/aromatic N) is 1. The van der Waals surface area contributed by atoms with Crippen molar-refractivity contribution in [1.29, 1.82) is 0 Å². The van der Waals surface area contributed by atoms with Crippen LogP contribution in [0.1, 0.15) is 47.3 Å². The molecule has 2 aromatic carbocycles. The van der Waals surface area contributed by atoms with Crippen LogP contribution in [0.4, 0.5) is 5.13 Å². The van der Waals surface area contributed by atoms with E-state index in [4.69, 9.17) is 9.72 Å². The summed E-state index contributed by atoms with van der Waals surface area (Å²) in [6.45, 7) is 6.42. The number of carbonyl (C=O) groups excluding carboxylic acids is 1. The van der Waals surface area contributed by atoms with Crippen molar-refractivity contribution in [3.8, 4) is 5.75 Å². The highest BCUT2D eigenvalue weighted by molar-refractivity contribution is 8.93. The minimum absolute atomic E-state index is 0. The first-order valence-corrected chi connectivity index (χ1v) is 9.68. The lowest BCUT2D eigenvalue weighted by molar-refractivity contribution is 0.102. The number of nitrogens with one attached hydrogen (secondary N) is 1. The molecule has 1 heterocycles. The van der Waals surface area contributed by atoms with Gasteiger partial charge in [-0.1, -0.05) is 63.2 Å². The number of methoxy groups -OCH3 is 1. The number of benzene rings is 2. The summed E-state index contributed by atoms with van der Waals surface area (Å²) in [4.78, 5) is 18.6. The van der Waals surface area contributed by atoms with Crippen LogP contribution in [-0.2, 0) is 11.8 Å². The van der Waals surface area contributed by atoms with Crippen LogP contribution in [0.3, 0.4) is 0 Å². The maximum Gasteiger partial charge on any atom is 0.261 e. The van der Waals surface area contributed by atoms with Gasteiger partial charge in [-0.05, 0) is 17.7 Å². The molecule has 0 saturated carbocycles. The molecule has 0 aliphatic carbocycles. The smallest absolute Gasteiger partial charge is 0.261 e. The maximum atomic E-state index is 12.7. The molecule has 0 saturated heterocycles. The van der Waals surface area contributed by atoms with Gasteiger partial charge in [0.15, 0.2) is 5.13 Å². The average molecular weight is 461 g/mol. The Kier molecular flexibility index (Phi) is 7.38. The summed E-state index contributed by atoms with van der Waals surface area (Å²) in [5, 5.41) is 3.55. The van der Waals surface area contributed by atoms with Gasteiger partial charge < -0.3 is 4.74 Å². The van der Waals surface area contributed by atoms with Crippen LogP contribution in [0.25, 0.3) is 0 Å². The molecular formula is C22H25BrN2O2S. The third-order valence-electron chi connectivity index (χ3n) is 4.19. The molecule has 6 heteroatoms. The molecule has 0 radical (unpaired) electrons. The standard InChI is InChI=1S/C22H24N2O2S.BrH/c1-22(2,3)19-18(14-15-10-6-5-7-11-15)27-21(23-19)24-20(25)16-12-8-9-13-17(16)26-4;/h5-13H,14H2,1-4H3,(H,23,24,25);1H. The Morgan fingerprint density at radius 3 is 2.36 bits per heavy atom. The molecule has 148 valence electrons. The molecule has 0 atom stereocenters. The normalized spacial score (nSPS) is 10.9. The van der Waals surface area contributed by atoms with E-state index in [2.05, 4.69) is 38.2 Å². The topological polar surface area (TPSA) is 51.2 Å². The van der Waals surface area contributed by atoms with E-state index in [0.717, 1.165) is 12.1 Å². The van der Waals surface area contributed by atoms with E-state index in [1.807, 2.05) is 30.3 Å². The Balaban J connectivity index is 0.00000280. The largest absolute Gasteiger partial charge is 0.496 e. The number of amides is 1. The SMILES string of the molecule is Br.COc1ccccc1C(=O)Nc1nc(C(C)(C)C)c(Cc2ccccc2)s1. The van der Waals surface area contributed by atoms with Gasteiger partial charge in [-0.25, -0.2) is 4.98 Å². The van der Waals surface area contributed by atoms with Crippen molar-refractivity contribution in [3.05, 3.63) is 76.3 Å². The average Bonchev–Trinajstić information content (AvgIpc) is 3.05. The molecule has 1 amide bonds. The molecular weight excluding hydrogens is 436 g/mol. The Labute approximate surface area is 180 Å². The molecule has 0 aliphatic heterocycles. The van der Waals surface area contributed by atoms with Crippen LogP contribution in [0.2, 0.25) is 0 Å². The van der Waals surface area contributed by atoms with Crippen LogP contribution < -0.4 is 10.1 Å². The number of thiazole rings is 1. The molecule has 4 nitrogen and oxygen atoms in total. The lowest BCUT2D eigenvalue weighted by atomic mass is 9.90. The minimum atomic E-state index is -0.215. The number of ether oxygens (including phenoxy) is 1. The number of aromatic nitrogens is 1. The van der Waals surface area contributed by atoms with Gasteiger partial charge in [0.2, 0.25) is 0 Å². The summed E-state index contributed by atoms with van der Waals surface area (Å²) in [5.41, 5.74) is 2.65. The van der Waals surface area contributed by atoms with Gasteiger partial charge in [0.25, 0.3) is 5.91 Å². The number of carbonyl (C=O) groups is 1. The number of hydrogen-bond donors (Lipinski definition) is 1. The molecule has 3 rings (SSSR count). The lowest BCUT2D eigenvalue weighted by Crippen LogP contribution is -2.16. The Hall–Kier alpha value is -2.18. The molecule has 28 heavy (non-hydrogen) atoms. The van der Waals surface area contributed by atoms with Crippen molar-refractivity contribution in [3.63, 3.8) is 0 Å². The third kappa shape index (κ3) is 5.20. The summed E-state index contributed by atoms with van der Waals surface area (Å²) in [6, 6.07) is 17.5. The highest BCUT2D eigenvalue weighted by Crippen LogP contribution is 2.34. The summed E-state index contributed by atoms with van der Waals surface area (Å²) < 4.78 is 5.29. The predicted octanol–water partition coefficient (Wildman–Crippen LogP) is 5.87. The first kappa shape index (κ1) is 22.1. The molecule has 3 aromatic rings. The highest BCUT2D eigenvalue weighted by atomic mass is 79.9. The Morgan fingerprint density at radius 1 is 1.07 bits per heavy atom. The molecule has 0 fully saturated rings. The van der Waals surface area contributed by atoms with Gasteiger partial charge in [-0.15, -0.1) is 28.3 Å². The fraction of sp³-hybridized carbons (Fsp3) is 0.273. The maximum absolute atomic E-state index is 12.7. The monoisotopic (exact) mass is 460 g/mol. The van der Waals surface area contributed by atoms with E-state index >= 15 is 0 Å². The van der Waals surface area contributed by atoms with Gasteiger partial charge in [0.05, 0.1) is 18.4 Å². The number of anilines is 1. The number of rotatable bonds is 5. The van der Waals surface area contributed by atoms with E-state index in [1.165, 1.54) is 21.8 Å². The zero-order valence-electron chi connectivity index (χ0n) is 16.5. The lowest BCUT2D eigenvalue weighted by Gasteiger charge is -2.17. The van der Waals surface area contributed by atoms with Crippen molar-refractivity contribution < 1.29 is 9.53 Å². The summed E-state index contributed by atoms with van der Waals surface area (Å²) in [7, 11) is 1.56. The van der Waals surface area contributed by atoms with Crippen molar-refractivity contribution in [2.45, 2.75) is 32.6 Å². The number of hydrogen-bond acceptors (Lipinski definition) is 4. The second-order valence-corrected chi connectivity index (χ2v) is 8.44. The van der Waals surface area contributed by atoms with Crippen molar-refractivity contribution in [1.82, 2.24) is 4.98 Å². The quantitative estimate of drug-likeness (QED) is 0.517. The first-order valence-electron chi connectivity index (χ1n) is 8.87. The van der Waals surface area contributed by atoms with Gasteiger partial charge in [0.1, 0.15) is 5.75 Å². The first-order chi connectivity index (χ1) is 12.9. The van der Waals surface area contributed by atoms with Crippen molar-refractivity contribution in [2.75, 3.05) is 12.4 Å². The van der Waals surface area contributed by atoms with E-state index in [9.17, 15) is 4.79 Å². The van der Waals surface area contributed by atoms with Crippen molar-refractivity contribution in [2.24, 2.45) is 0 Å². The van der Waals surface area contributed by atoms with Gasteiger partial charge in [0, 0.05) is 16.7 Å². The molecule has 0 spiro atoms. The number of halogens is 1. The predicted molar refractivity (Wildman–Crippen MR) is 121 cm³/mol. The van der Waals surface area contributed by atoms with Crippen molar-refractivity contribution >= 4 is 39.4 Å². The molecule has 0 bridgehead atoms. The third-order valence-corrected chi connectivity index (χ3v) is 5.16.